The molecule has 0 bridgehead atoms. The molecule has 2 heterocycles. The lowest BCUT2D eigenvalue weighted by molar-refractivity contribution is -0.134. The van der Waals surface area contributed by atoms with Crippen LogP contribution in [-0.2, 0) is 4.79 Å². The molecule has 1 amide bonds. The number of rotatable bonds is 6. The lowest BCUT2D eigenvalue weighted by Gasteiger charge is -2.30. The Hall–Kier alpha value is -1.12. The highest BCUT2D eigenvalue weighted by molar-refractivity contribution is 5.81. The Balaban J connectivity index is 1.76. The van der Waals surface area contributed by atoms with Gasteiger partial charge in [0.15, 0.2) is 0 Å². The van der Waals surface area contributed by atoms with Crippen molar-refractivity contribution >= 4 is 5.91 Å². The number of hydrogen-bond donors (Lipinski definition) is 0. The predicted octanol–water partition coefficient (Wildman–Crippen LogP) is 1.55. The molecular weight excluding hydrogens is 276 g/mol. The molecule has 0 spiro atoms. The van der Waals surface area contributed by atoms with E-state index < -0.39 is 0 Å². The van der Waals surface area contributed by atoms with E-state index in [1.165, 1.54) is 45.3 Å². The number of nitrogens with zero attached hydrogens (tertiary/aromatic N) is 4. The molecule has 22 heavy (non-hydrogen) atoms. The molecule has 2 saturated heterocycles. The molecule has 0 aromatic carbocycles. The predicted molar refractivity (Wildman–Crippen MR) is 87.3 cm³/mol. The van der Waals surface area contributed by atoms with Gasteiger partial charge in [-0.3, -0.25) is 9.69 Å². The lowest BCUT2D eigenvalue weighted by Crippen LogP contribution is -2.45. The van der Waals surface area contributed by atoms with Crippen LogP contribution in [-0.4, -0.2) is 73.0 Å². The van der Waals surface area contributed by atoms with Gasteiger partial charge in [-0.1, -0.05) is 6.42 Å². The van der Waals surface area contributed by atoms with Crippen LogP contribution < -0.4 is 0 Å². The molecule has 2 fully saturated rings. The topological polar surface area (TPSA) is 50.6 Å². The molecule has 0 aromatic rings. The Kier molecular flexibility index (Phi) is 6.66. The fourth-order valence-corrected chi connectivity index (χ4v) is 3.67. The fourth-order valence-electron chi connectivity index (χ4n) is 3.67. The van der Waals surface area contributed by atoms with Crippen molar-refractivity contribution in [3.8, 4) is 6.07 Å². The Bertz CT molecular complexity index is 400. The average molecular weight is 306 g/mol. The third-order valence-corrected chi connectivity index (χ3v) is 5.12. The number of likely N-dealkylation sites (N-methyl/N-ethyl adjacent to an activating group) is 1. The molecule has 0 unspecified atom stereocenters. The summed E-state index contributed by atoms with van der Waals surface area (Å²) < 4.78 is 0. The number of likely N-dealkylation sites (tertiary alicyclic amines) is 2. The Morgan fingerprint density at radius 2 is 2.05 bits per heavy atom. The van der Waals surface area contributed by atoms with Crippen LogP contribution in [0.1, 0.15) is 39.0 Å². The molecule has 2 aliphatic rings. The Morgan fingerprint density at radius 1 is 1.32 bits per heavy atom. The second kappa shape index (κ2) is 8.50. The van der Waals surface area contributed by atoms with Gasteiger partial charge >= 0.3 is 0 Å². The van der Waals surface area contributed by atoms with Gasteiger partial charge in [-0.15, -0.1) is 0 Å². The molecule has 2 rings (SSSR count). The summed E-state index contributed by atoms with van der Waals surface area (Å²) in [6.07, 6.45) is 5.68. The van der Waals surface area contributed by atoms with Gasteiger partial charge < -0.3 is 9.80 Å². The van der Waals surface area contributed by atoms with Gasteiger partial charge in [-0.05, 0) is 51.7 Å². The highest BCUT2D eigenvalue weighted by atomic mass is 16.2. The summed E-state index contributed by atoms with van der Waals surface area (Å²) in [4.78, 5) is 19.0. The summed E-state index contributed by atoms with van der Waals surface area (Å²) >= 11 is 0. The van der Waals surface area contributed by atoms with Gasteiger partial charge in [0.25, 0.3) is 0 Å². The second-order valence-corrected chi connectivity index (χ2v) is 6.85. The first-order valence-electron chi connectivity index (χ1n) is 8.70. The van der Waals surface area contributed by atoms with E-state index in [-0.39, 0.29) is 11.9 Å². The van der Waals surface area contributed by atoms with Crippen molar-refractivity contribution < 1.29 is 4.79 Å². The third kappa shape index (κ3) is 4.69. The van der Waals surface area contributed by atoms with E-state index in [0.29, 0.717) is 18.9 Å². The number of carbonyl (C=O) groups excluding carboxylic acids is 1. The first-order valence-corrected chi connectivity index (χ1v) is 8.70. The maximum Gasteiger partial charge on any atom is 0.239 e. The zero-order chi connectivity index (χ0) is 15.9. The minimum absolute atomic E-state index is 0.0601. The number of nitriles is 1. The second-order valence-electron chi connectivity index (χ2n) is 6.85. The molecule has 5 nitrogen and oxygen atoms in total. The van der Waals surface area contributed by atoms with Crippen LogP contribution in [0.25, 0.3) is 0 Å². The molecule has 0 radical (unpaired) electrons. The van der Waals surface area contributed by atoms with E-state index >= 15 is 0 Å². The van der Waals surface area contributed by atoms with Gasteiger partial charge in [-0.25, -0.2) is 0 Å². The van der Waals surface area contributed by atoms with Gasteiger partial charge in [-0.2, -0.15) is 5.26 Å². The van der Waals surface area contributed by atoms with Crippen molar-refractivity contribution in [2.24, 2.45) is 5.92 Å². The van der Waals surface area contributed by atoms with Gasteiger partial charge in [0, 0.05) is 26.7 Å². The van der Waals surface area contributed by atoms with Crippen molar-refractivity contribution in [3.05, 3.63) is 0 Å². The number of hydrogen-bond acceptors (Lipinski definition) is 4. The van der Waals surface area contributed by atoms with Crippen LogP contribution in [0, 0.1) is 17.2 Å². The summed E-state index contributed by atoms with van der Waals surface area (Å²) in [7, 11) is 1.80. The first kappa shape index (κ1) is 17.2. The van der Waals surface area contributed by atoms with Crippen LogP contribution in [0.2, 0.25) is 0 Å². The van der Waals surface area contributed by atoms with E-state index in [0.717, 1.165) is 13.1 Å². The Morgan fingerprint density at radius 3 is 2.73 bits per heavy atom. The first-order chi connectivity index (χ1) is 10.6. The summed E-state index contributed by atoms with van der Waals surface area (Å²) in [6.45, 7) is 8.30. The minimum atomic E-state index is -0.0601. The van der Waals surface area contributed by atoms with Gasteiger partial charge in [0.1, 0.15) is 0 Å². The lowest BCUT2D eigenvalue weighted by atomic mass is 10.1. The zero-order valence-corrected chi connectivity index (χ0v) is 14.1. The van der Waals surface area contributed by atoms with Crippen LogP contribution in [0.5, 0.6) is 0 Å². The number of piperidine rings is 1. The van der Waals surface area contributed by atoms with E-state index in [9.17, 15) is 4.79 Å². The van der Waals surface area contributed by atoms with E-state index in [1.54, 1.807) is 11.9 Å². The molecule has 5 heteroatoms. The van der Waals surface area contributed by atoms with Gasteiger partial charge in [0.05, 0.1) is 18.5 Å². The maximum absolute atomic E-state index is 12.4. The highest BCUT2D eigenvalue weighted by Gasteiger charge is 2.31. The molecule has 2 aliphatic heterocycles. The number of amides is 1. The quantitative estimate of drug-likeness (QED) is 0.747. The largest absolute Gasteiger partial charge is 0.343 e. The maximum atomic E-state index is 12.4. The monoisotopic (exact) mass is 306 g/mol. The van der Waals surface area contributed by atoms with Crippen molar-refractivity contribution in [2.75, 3.05) is 46.3 Å². The zero-order valence-electron chi connectivity index (χ0n) is 14.1. The van der Waals surface area contributed by atoms with E-state index in [2.05, 4.69) is 15.9 Å². The molecule has 0 N–H and O–H groups in total. The van der Waals surface area contributed by atoms with Crippen molar-refractivity contribution in [1.82, 2.24) is 14.7 Å². The van der Waals surface area contributed by atoms with E-state index in [4.69, 9.17) is 5.26 Å². The van der Waals surface area contributed by atoms with Crippen molar-refractivity contribution in [1.29, 1.82) is 5.26 Å². The third-order valence-electron chi connectivity index (χ3n) is 5.12. The highest BCUT2D eigenvalue weighted by Crippen LogP contribution is 2.22. The summed E-state index contributed by atoms with van der Waals surface area (Å²) in [5, 5.41) is 8.63. The van der Waals surface area contributed by atoms with Crippen LogP contribution in [0.4, 0.5) is 0 Å². The van der Waals surface area contributed by atoms with Crippen molar-refractivity contribution in [2.45, 2.75) is 45.1 Å². The molecule has 0 saturated carbocycles. The molecular formula is C17H30N4O. The van der Waals surface area contributed by atoms with Crippen molar-refractivity contribution in [3.63, 3.8) is 0 Å². The van der Waals surface area contributed by atoms with Gasteiger partial charge in [0.2, 0.25) is 5.91 Å². The standard InChI is InChI=1S/C17H30N4O/c1-15(17(22)19(2)9-6-8-18)21-12-7-16(14-21)13-20-10-4-3-5-11-20/h15-16H,3-7,9-14H2,1-2H3/t15-,16-/m0/s1. The molecule has 0 aromatic heterocycles. The minimum Gasteiger partial charge on any atom is -0.343 e. The van der Waals surface area contributed by atoms with Crippen LogP contribution in [0.3, 0.4) is 0 Å². The smallest absolute Gasteiger partial charge is 0.239 e. The summed E-state index contributed by atoms with van der Waals surface area (Å²) in [5.41, 5.74) is 0. The molecule has 0 aliphatic carbocycles. The Labute approximate surface area is 134 Å². The fraction of sp³-hybridized carbons (Fsp3) is 0.882. The molecule has 2 atom stereocenters. The summed E-state index contributed by atoms with van der Waals surface area (Å²) in [5.74, 6) is 0.853. The van der Waals surface area contributed by atoms with Crippen LogP contribution in [0.15, 0.2) is 0 Å². The average Bonchev–Trinajstić information content (AvgIpc) is 3.00. The van der Waals surface area contributed by atoms with E-state index in [1.807, 2.05) is 6.92 Å². The number of carbonyl (C=O) groups is 1. The summed E-state index contributed by atoms with van der Waals surface area (Å²) in [6, 6.07) is 2.04. The van der Waals surface area contributed by atoms with Crippen LogP contribution >= 0.6 is 0 Å². The normalized spacial score (nSPS) is 24.9. The molecule has 124 valence electrons. The SMILES string of the molecule is C[C@@H](C(=O)N(C)CCC#N)N1CC[C@@H](CN2CCCCC2)C1.